The van der Waals surface area contributed by atoms with Gasteiger partial charge in [-0.3, -0.25) is 0 Å². The lowest BCUT2D eigenvalue weighted by atomic mass is 9.82. The number of alkyl halides is 6. The molecule has 1 atom stereocenters. The lowest BCUT2D eigenvalue weighted by Crippen LogP contribution is -2.21. The molecule has 9 nitrogen and oxygen atoms in total. The molecule has 0 spiro atoms. The maximum atomic E-state index is 13.0. The van der Waals surface area contributed by atoms with Gasteiger partial charge in [0.25, 0.3) is 0 Å². The topological polar surface area (TPSA) is 164 Å². The number of aromatic nitrogens is 2. The number of fused-ring (bicyclic) bond motifs is 1. The van der Waals surface area contributed by atoms with Crippen molar-refractivity contribution in [3.63, 3.8) is 0 Å². The minimum absolute atomic E-state index is 0.0514. The fourth-order valence-corrected chi connectivity index (χ4v) is 5.22. The molecule has 7 N–H and O–H groups in total. The first-order chi connectivity index (χ1) is 20.1. The van der Waals surface area contributed by atoms with Crippen LogP contribution in [0, 0.1) is 0 Å². The number of halogens is 6. The molecule has 1 aromatic carbocycles. The van der Waals surface area contributed by atoms with Crippen LogP contribution in [0.1, 0.15) is 45.3 Å². The molecule has 1 aliphatic carbocycles. The smallest absolute Gasteiger partial charge is 0.478 e. The van der Waals surface area contributed by atoms with Crippen LogP contribution in [0.25, 0.3) is 10.6 Å². The van der Waals surface area contributed by atoms with Crippen molar-refractivity contribution in [2.24, 2.45) is 5.73 Å². The third-order valence-electron chi connectivity index (χ3n) is 6.08. The third kappa shape index (κ3) is 8.94. The summed E-state index contributed by atoms with van der Waals surface area (Å²) in [5.41, 5.74) is 13.6. The number of carboxylic acids is 2. The summed E-state index contributed by atoms with van der Waals surface area (Å²) in [6, 6.07) is 8.45. The van der Waals surface area contributed by atoms with Crippen LogP contribution in [-0.2, 0) is 11.2 Å². The largest absolute Gasteiger partial charge is 0.490 e. The van der Waals surface area contributed by atoms with Crippen LogP contribution in [0.4, 0.5) is 37.8 Å². The maximum Gasteiger partial charge on any atom is 0.490 e. The number of nitrogens with two attached hydrogens (primary N) is 2. The highest BCUT2D eigenvalue weighted by atomic mass is 32.1. The van der Waals surface area contributed by atoms with Gasteiger partial charge in [-0.2, -0.15) is 26.3 Å². The number of aromatic carboxylic acids is 1. The molecule has 43 heavy (non-hydrogen) atoms. The first kappa shape index (κ1) is 32.9. The van der Waals surface area contributed by atoms with Gasteiger partial charge in [0.1, 0.15) is 10.8 Å². The summed E-state index contributed by atoms with van der Waals surface area (Å²) >= 11 is 1.47. The van der Waals surface area contributed by atoms with E-state index >= 15 is 0 Å². The summed E-state index contributed by atoms with van der Waals surface area (Å²) in [5.74, 6) is -3.32. The second-order valence-electron chi connectivity index (χ2n) is 9.10. The number of carboxylic acid groups (broad SMARTS) is 2. The molecular formula is C27H25F6N5O4S. The minimum Gasteiger partial charge on any atom is -0.478 e. The molecule has 1 aliphatic rings. The van der Waals surface area contributed by atoms with E-state index in [4.69, 9.17) is 21.4 Å². The van der Waals surface area contributed by atoms with E-state index in [9.17, 15) is 36.2 Å². The van der Waals surface area contributed by atoms with Crippen LogP contribution >= 0.6 is 11.3 Å². The van der Waals surface area contributed by atoms with E-state index in [1.165, 1.54) is 11.3 Å². The van der Waals surface area contributed by atoms with E-state index < -0.39 is 29.9 Å². The van der Waals surface area contributed by atoms with Crippen LogP contribution in [0.5, 0.6) is 0 Å². The molecule has 230 valence electrons. The summed E-state index contributed by atoms with van der Waals surface area (Å²) in [4.78, 5) is 30.1. The molecule has 16 heteroatoms. The van der Waals surface area contributed by atoms with Crippen molar-refractivity contribution in [1.29, 1.82) is 0 Å². The Labute approximate surface area is 244 Å². The lowest BCUT2D eigenvalue weighted by Gasteiger charge is -2.24. The van der Waals surface area contributed by atoms with Crippen LogP contribution in [0.2, 0.25) is 0 Å². The number of carbonyl (C=O) groups is 2. The number of aryl methyl sites for hydroxylation is 1. The zero-order valence-corrected chi connectivity index (χ0v) is 22.9. The fourth-order valence-electron chi connectivity index (χ4n) is 4.19. The number of thiazole rings is 1. The number of aliphatic carboxylic acids is 1. The average Bonchev–Trinajstić information content (AvgIpc) is 3.41. The SMILES string of the molecule is N/C=C\C(=C/CNc1cc(N)cc(-c2cnc(C3CCCc4cc(C(=O)O)ccc43)s2)n1)C(F)(F)F.O=C(O)C(F)(F)F. The Morgan fingerprint density at radius 1 is 1.09 bits per heavy atom. The summed E-state index contributed by atoms with van der Waals surface area (Å²) in [6.07, 6.45) is -2.63. The van der Waals surface area contributed by atoms with Gasteiger partial charge in [0.05, 0.1) is 21.7 Å². The zero-order valence-electron chi connectivity index (χ0n) is 22.0. The Balaban J connectivity index is 0.000000646. The molecule has 2 aromatic heterocycles. The quantitative estimate of drug-likeness (QED) is 0.157. The van der Waals surface area contributed by atoms with Gasteiger partial charge in [-0.15, -0.1) is 11.3 Å². The van der Waals surface area contributed by atoms with Gasteiger partial charge < -0.3 is 27.0 Å². The summed E-state index contributed by atoms with van der Waals surface area (Å²) < 4.78 is 70.8. The number of nitrogens with one attached hydrogen (secondary N) is 1. The Hall–Kier alpha value is -4.60. The molecule has 3 aromatic rings. The maximum absolute atomic E-state index is 13.0. The minimum atomic E-state index is -5.08. The van der Waals surface area contributed by atoms with E-state index in [1.807, 2.05) is 6.07 Å². The van der Waals surface area contributed by atoms with E-state index in [1.54, 1.807) is 30.5 Å². The van der Waals surface area contributed by atoms with Gasteiger partial charge in [0, 0.05) is 30.4 Å². The van der Waals surface area contributed by atoms with Crippen LogP contribution in [0.15, 0.2) is 60.5 Å². The normalized spacial score (nSPS) is 15.4. The Morgan fingerprint density at radius 3 is 2.40 bits per heavy atom. The van der Waals surface area contributed by atoms with Gasteiger partial charge in [-0.1, -0.05) is 12.1 Å². The molecule has 0 saturated heterocycles. The number of hydrogen-bond acceptors (Lipinski definition) is 8. The van der Waals surface area contributed by atoms with E-state index in [-0.39, 0.29) is 18.0 Å². The zero-order chi connectivity index (χ0) is 31.9. The van der Waals surface area contributed by atoms with Crippen molar-refractivity contribution in [2.45, 2.75) is 37.5 Å². The van der Waals surface area contributed by atoms with E-state index in [2.05, 4.69) is 15.3 Å². The number of pyridine rings is 1. The number of hydrogen-bond donors (Lipinski definition) is 5. The molecule has 0 fully saturated rings. The first-order valence-electron chi connectivity index (χ1n) is 12.4. The Kier molecular flexibility index (Phi) is 10.4. The highest BCUT2D eigenvalue weighted by molar-refractivity contribution is 7.15. The standard InChI is InChI=1S/C25H24F3N5O2S.C2HF3O2/c26-25(27,28)16(6-8-29)7-9-31-22-12-17(30)11-20(33-22)21-13-32-23(36-21)19-3-1-2-14-10-15(24(34)35)4-5-18(14)19;3-2(4,5)1(6)7/h4-8,10-13,19H,1-3,9,29H2,(H,34,35)(H3,30,31,33);(H,6,7)/b8-6-,16-7+;. The van der Waals surface area contributed by atoms with Crippen molar-refractivity contribution in [3.8, 4) is 10.6 Å². The predicted molar refractivity (Wildman–Crippen MR) is 148 cm³/mol. The van der Waals surface area contributed by atoms with Gasteiger partial charge in [0.15, 0.2) is 0 Å². The van der Waals surface area contributed by atoms with Gasteiger partial charge in [0.2, 0.25) is 0 Å². The molecule has 1 unspecified atom stereocenters. The molecule has 4 rings (SSSR count). The second kappa shape index (κ2) is 13.6. The number of allylic oxidation sites excluding steroid dienone is 2. The number of benzene rings is 1. The number of nitrogen functional groups attached to an aromatic ring is 1. The molecule has 2 heterocycles. The number of anilines is 2. The summed E-state index contributed by atoms with van der Waals surface area (Å²) in [7, 11) is 0. The average molecular weight is 630 g/mol. The number of nitrogens with zero attached hydrogens (tertiary/aromatic N) is 2. The highest BCUT2D eigenvalue weighted by Crippen LogP contribution is 2.40. The highest BCUT2D eigenvalue weighted by Gasteiger charge is 2.38. The monoisotopic (exact) mass is 629 g/mol. The molecular weight excluding hydrogens is 604 g/mol. The second-order valence-corrected chi connectivity index (χ2v) is 10.2. The van der Waals surface area contributed by atoms with Crippen molar-refractivity contribution in [3.05, 3.63) is 82.2 Å². The molecule has 0 radical (unpaired) electrons. The van der Waals surface area contributed by atoms with Crippen LogP contribution in [-0.4, -0.2) is 51.0 Å². The molecule has 0 saturated carbocycles. The van der Waals surface area contributed by atoms with Crippen molar-refractivity contribution in [1.82, 2.24) is 9.97 Å². The summed E-state index contributed by atoms with van der Waals surface area (Å²) in [5, 5.41) is 20.2. The first-order valence-corrected chi connectivity index (χ1v) is 13.2. The predicted octanol–water partition coefficient (Wildman–Crippen LogP) is 5.96. The van der Waals surface area contributed by atoms with Crippen LogP contribution < -0.4 is 16.8 Å². The molecule has 0 aliphatic heterocycles. The van der Waals surface area contributed by atoms with Crippen LogP contribution in [0.3, 0.4) is 0 Å². The van der Waals surface area contributed by atoms with E-state index in [0.717, 1.165) is 58.6 Å². The lowest BCUT2D eigenvalue weighted by molar-refractivity contribution is -0.192. The summed E-state index contributed by atoms with van der Waals surface area (Å²) in [6.45, 7) is -0.125. The fraction of sp³-hybridized carbons (Fsp3) is 0.259. The number of rotatable bonds is 7. The molecule has 0 bridgehead atoms. The van der Waals surface area contributed by atoms with Crippen molar-refractivity contribution < 1.29 is 46.1 Å². The van der Waals surface area contributed by atoms with Crippen molar-refractivity contribution >= 4 is 34.8 Å². The van der Waals surface area contributed by atoms with Crippen molar-refractivity contribution in [2.75, 3.05) is 17.6 Å². The molecule has 0 amide bonds. The Morgan fingerprint density at radius 2 is 1.79 bits per heavy atom. The Bertz CT molecular complexity index is 1530. The van der Waals surface area contributed by atoms with Gasteiger partial charge >= 0.3 is 24.3 Å². The third-order valence-corrected chi connectivity index (χ3v) is 7.21. The van der Waals surface area contributed by atoms with Gasteiger partial charge in [-0.25, -0.2) is 19.6 Å². The van der Waals surface area contributed by atoms with Gasteiger partial charge in [-0.05, 0) is 60.9 Å². The van der Waals surface area contributed by atoms with E-state index in [0.29, 0.717) is 17.2 Å².